The van der Waals surface area contributed by atoms with E-state index in [0.29, 0.717) is 18.2 Å². The molecule has 1 unspecified atom stereocenters. The van der Waals surface area contributed by atoms with Gasteiger partial charge in [0.1, 0.15) is 12.6 Å². The lowest BCUT2D eigenvalue weighted by Crippen LogP contribution is -2.47. The van der Waals surface area contributed by atoms with Crippen LogP contribution in [0.5, 0.6) is 0 Å². The van der Waals surface area contributed by atoms with Gasteiger partial charge < -0.3 is 10.6 Å². The van der Waals surface area contributed by atoms with Gasteiger partial charge in [-0.1, -0.05) is 53.0 Å². The molecule has 2 amide bonds. The molecule has 2 rings (SSSR count). The normalized spacial score (nSPS) is 14.3. The van der Waals surface area contributed by atoms with Gasteiger partial charge in [-0.15, -0.1) is 0 Å². The van der Waals surface area contributed by atoms with Crippen molar-refractivity contribution in [2.24, 2.45) is 0 Å². The van der Waals surface area contributed by atoms with Crippen LogP contribution in [-0.4, -0.2) is 36.8 Å². The smallest absolute Gasteiger partial charge is 0.345 e. The summed E-state index contributed by atoms with van der Waals surface area (Å²) in [7, 11) is 0. The maximum atomic E-state index is 13.7. The zero-order valence-electron chi connectivity index (χ0n) is 19.3. The highest BCUT2D eigenvalue weighted by Crippen LogP contribution is 2.41. The molecule has 0 aliphatic carbocycles. The summed E-state index contributed by atoms with van der Waals surface area (Å²) in [6.45, 7) is -0.783. The van der Waals surface area contributed by atoms with E-state index in [0.717, 1.165) is 31.2 Å². The number of nitrogens with one attached hydrogen (secondary N) is 2. The Hall–Kier alpha value is -2.64. The second-order valence-corrected chi connectivity index (χ2v) is 9.20. The molecule has 2 atom stereocenters. The van der Waals surface area contributed by atoms with Crippen molar-refractivity contribution in [2.45, 2.75) is 37.4 Å². The second kappa shape index (κ2) is 12.3. The van der Waals surface area contributed by atoms with E-state index in [9.17, 15) is 49.1 Å². The number of rotatable bonds is 7. The zero-order chi connectivity index (χ0) is 29.9. The lowest BCUT2D eigenvalue weighted by Gasteiger charge is -2.19. The first-order valence-corrected chi connectivity index (χ1v) is 11.6. The van der Waals surface area contributed by atoms with Crippen LogP contribution in [0.1, 0.15) is 39.9 Å². The Kier molecular flexibility index (Phi) is 10.2. The molecular formula is C23H16Cl3F9N2O2. The first kappa shape index (κ1) is 32.6. The SMILES string of the molecule is C[C@H](NC(=O)c1ccc(/C=C/C(c2cc(Cl)c(Cl)c(Cl)c2)C(F)(F)F)cc1C(F)(F)F)C(=O)NCC(F)(F)F. The van der Waals surface area contributed by atoms with E-state index in [1.807, 2.05) is 5.32 Å². The number of amides is 2. The fraction of sp³-hybridized carbons (Fsp3) is 0.304. The summed E-state index contributed by atoms with van der Waals surface area (Å²) in [6, 6.07) is 2.11. The van der Waals surface area contributed by atoms with Crippen molar-refractivity contribution >= 4 is 52.7 Å². The van der Waals surface area contributed by atoms with Crippen LogP contribution >= 0.6 is 34.8 Å². The first-order valence-electron chi connectivity index (χ1n) is 10.5. The van der Waals surface area contributed by atoms with Crippen molar-refractivity contribution in [1.29, 1.82) is 0 Å². The van der Waals surface area contributed by atoms with E-state index in [4.69, 9.17) is 34.8 Å². The van der Waals surface area contributed by atoms with Crippen molar-refractivity contribution in [1.82, 2.24) is 10.6 Å². The lowest BCUT2D eigenvalue weighted by atomic mass is 9.96. The Bertz CT molecular complexity index is 1240. The Morgan fingerprint density at radius 2 is 1.49 bits per heavy atom. The molecule has 0 saturated heterocycles. The van der Waals surface area contributed by atoms with Crippen LogP contribution in [0, 0.1) is 0 Å². The first-order chi connectivity index (χ1) is 17.7. The number of halogens is 12. The van der Waals surface area contributed by atoms with Crippen LogP contribution in [0.3, 0.4) is 0 Å². The van der Waals surface area contributed by atoms with E-state index in [1.54, 1.807) is 0 Å². The van der Waals surface area contributed by atoms with Crippen molar-refractivity contribution in [3.05, 3.63) is 73.7 Å². The standard InChI is InChI=1S/C23H16Cl3F9N2O2/c1-10(19(38)36-9-21(27,28)29)37-20(39)13-4-2-11(6-15(13)23(33,34)35)3-5-14(22(30,31)32)12-7-16(24)18(26)17(25)8-12/h2-8,10,14H,9H2,1H3,(H,36,38)(H,37,39)/b5-3+/t10-,14?/m0/s1. The Morgan fingerprint density at radius 1 is 0.923 bits per heavy atom. The molecule has 2 N–H and O–H groups in total. The van der Waals surface area contributed by atoms with Gasteiger partial charge in [0, 0.05) is 0 Å². The molecule has 4 nitrogen and oxygen atoms in total. The highest BCUT2D eigenvalue weighted by atomic mass is 35.5. The van der Waals surface area contributed by atoms with Crippen LogP contribution in [-0.2, 0) is 11.0 Å². The van der Waals surface area contributed by atoms with Crippen molar-refractivity contribution < 1.29 is 49.1 Å². The molecule has 39 heavy (non-hydrogen) atoms. The molecule has 0 aromatic heterocycles. The van der Waals surface area contributed by atoms with Crippen molar-refractivity contribution in [2.75, 3.05) is 6.54 Å². The van der Waals surface area contributed by atoms with Crippen molar-refractivity contribution in [3.8, 4) is 0 Å². The molecule has 0 fully saturated rings. The van der Waals surface area contributed by atoms with Crippen LogP contribution in [0.25, 0.3) is 6.08 Å². The fourth-order valence-electron chi connectivity index (χ4n) is 3.15. The van der Waals surface area contributed by atoms with Gasteiger partial charge in [0.2, 0.25) is 5.91 Å². The summed E-state index contributed by atoms with van der Waals surface area (Å²) in [4.78, 5) is 24.1. The largest absolute Gasteiger partial charge is 0.417 e. The highest BCUT2D eigenvalue weighted by molar-refractivity contribution is 6.48. The molecular weight excluding hydrogens is 614 g/mol. The minimum Gasteiger partial charge on any atom is -0.345 e. The molecule has 0 heterocycles. The predicted molar refractivity (Wildman–Crippen MR) is 127 cm³/mol. The Labute approximate surface area is 230 Å². The molecule has 0 aliphatic rings. The second-order valence-electron chi connectivity index (χ2n) is 8.01. The van der Waals surface area contributed by atoms with Gasteiger partial charge in [-0.2, -0.15) is 39.5 Å². The molecule has 2 aromatic carbocycles. The maximum absolute atomic E-state index is 13.7. The molecule has 0 bridgehead atoms. The minimum atomic E-state index is -5.17. The summed E-state index contributed by atoms with van der Waals surface area (Å²) in [5.74, 6) is -5.11. The van der Waals surface area contributed by atoms with Crippen LogP contribution < -0.4 is 10.6 Å². The number of allylic oxidation sites excluding steroid dienone is 1. The van der Waals surface area contributed by atoms with Crippen LogP contribution in [0.15, 0.2) is 36.4 Å². The predicted octanol–water partition coefficient (Wildman–Crippen LogP) is 7.82. The Balaban J connectivity index is 2.37. The molecule has 0 radical (unpaired) electrons. The third kappa shape index (κ3) is 9.21. The topological polar surface area (TPSA) is 58.2 Å². The third-order valence-corrected chi connectivity index (χ3v) is 6.19. The summed E-state index contributed by atoms with van der Waals surface area (Å²) in [5, 5.41) is 2.57. The van der Waals surface area contributed by atoms with Gasteiger partial charge in [0.15, 0.2) is 0 Å². The van der Waals surface area contributed by atoms with Gasteiger partial charge >= 0.3 is 18.5 Å². The van der Waals surface area contributed by atoms with E-state index in [2.05, 4.69) is 0 Å². The van der Waals surface area contributed by atoms with Gasteiger partial charge in [0.05, 0.1) is 32.1 Å². The quantitative estimate of drug-likeness (QED) is 0.242. The van der Waals surface area contributed by atoms with E-state index < -0.39 is 65.5 Å². The van der Waals surface area contributed by atoms with Crippen molar-refractivity contribution in [3.63, 3.8) is 0 Å². The number of hydrogen-bond acceptors (Lipinski definition) is 2. The number of carbonyl (C=O) groups is 2. The van der Waals surface area contributed by atoms with Gasteiger partial charge in [-0.25, -0.2) is 0 Å². The molecule has 0 saturated carbocycles. The third-order valence-electron chi connectivity index (χ3n) is 5.00. The Morgan fingerprint density at radius 3 is 1.97 bits per heavy atom. The van der Waals surface area contributed by atoms with Crippen LogP contribution in [0.2, 0.25) is 15.1 Å². The molecule has 2 aromatic rings. The molecule has 214 valence electrons. The summed E-state index contributed by atoms with van der Waals surface area (Å²) < 4.78 is 119. The number of benzene rings is 2. The molecule has 0 aliphatic heterocycles. The molecule has 16 heteroatoms. The minimum absolute atomic E-state index is 0.192. The average molecular weight is 630 g/mol. The summed E-state index contributed by atoms with van der Waals surface area (Å²) in [5.41, 5.74) is -3.40. The number of carbonyl (C=O) groups excluding carboxylic acids is 2. The molecule has 0 spiro atoms. The summed E-state index contributed by atoms with van der Waals surface area (Å²) in [6.07, 6.45) is -13.5. The lowest BCUT2D eigenvalue weighted by molar-refractivity contribution is -0.139. The van der Waals surface area contributed by atoms with E-state index >= 15 is 0 Å². The van der Waals surface area contributed by atoms with Gasteiger partial charge in [-0.05, 0) is 42.3 Å². The van der Waals surface area contributed by atoms with Gasteiger partial charge in [-0.3, -0.25) is 9.59 Å². The van der Waals surface area contributed by atoms with E-state index in [-0.39, 0.29) is 20.6 Å². The summed E-state index contributed by atoms with van der Waals surface area (Å²) >= 11 is 17.3. The van der Waals surface area contributed by atoms with Gasteiger partial charge in [0.25, 0.3) is 5.91 Å². The fourth-order valence-corrected chi connectivity index (χ4v) is 3.76. The number of alkyl halides is 9. The highest BCUT2D eigenvalue weighted by Gasteiger charge is 2.40. The monoisotopic (exact) mass is 628 g/mol. The zero-order valence-corrected chi connectivity index (χ0v) is 21.5. The van der Waals surface area contributed by atoms with Crippen LogP contribution in [0.4, 0.5) is 39.5 Å². The van der Waals surface area contributed by atoms with E-state index in [1.165, 1.54) is 5.32 Å². The average Bonchev–Trinajstić information content (AvgIpc) is 2.78. The number of hydrogen-bond donors (Lipinski definition) is 2. The maximum Gasteiger partial charge on any atom is 0.417 e.